The summed E-state index contributed by atoms with van der Waals surface area (Å²) in [5.74, 6) is 0.725. The van der Waals surface area contributed by atoms with Gasteiger partial charge in [-0.25, -0.2) is 0 Å². The number of hydrogen-bond donors (Lipinski definition) is 0. The molecule has 1 amide bonds. The molecule has 1 aromatic heterocycles. The van der Waals surface area contributed by atoms with E-state index in [9.17, 15) is 4.79 Å². The van der Waals surface area contributed by atoms with Gasteiger partial charge in [0, 0.05) is 19.6 Å². The molecule has 0 saturated carbocycles. The van der Waals surface area contributed by atoms with Gasteiger partial charge in [-0.3, -0.25) is 4.79 Å². The smallest absolute Gasteiger partial charge is 0.248 e. The van der Waals surface area contributed by atoms with Crippen molar-refractivity contribution < 1.29 is 14.3 Å². The molecule has 22 heavy (non-hydrogen) atoms. The Morgan fingerprint density at radius 2 is 2.18 bits per heavy atom. The van der Waals surface area contributed by atoms with Gasteiger partial charge in [0.05, 0.1) is 23.9 Å². The molecule has 0 atom stereocenters. The van der Waals surface area contributed by atoms with Crippen molar-refractivity contribution in [2.24, 2.45) is 4.99 Å². The Labute approximate surface area is 134 Å². The van der Waals surface area contributed by atoms with E-state index in [-0.39, 0.29) is 5.91 Å². The molecule has 0 N–H and O–H groups in total. The molecule has 0 aliphatic heterocycles. The van der Waals surface area contributed by atoms with Crippen molar-refractivity contribution in [1.29, 1.82) is 0 Å². The number of carbonyl (C=O) groups is 1. The molecule has 0 aliphatic carbocycles. The first-order valence-corrected chi connectivity index (χ1v) is 8.34. The predicted octanol–water partition coefficient (Wildman–Crippen LogP) is 2.98. The molecule has 0 bridgehead atoms. The third-order valence-corrected chi connectivity index (χ3v) is 4.28. The highest BCUT2D eigenvalue weighted by Crippen LogP contribution is 2.23. The third kappa shape index (κ3) is 3.96. The zero-order valence-electron chi connectivity index (χ0n) is 13.3. The molecule has 0 aliphatic rings. The van der Waals surface area contributed by atoms with E-state index in [1.807, 2.05) is 36.6 Å². The zero-order chi connectivity index (χ0) is 15.9. The maximum Gasteiger partial charge on any atom is 0.248 e. The zero-order valence-corrected chi connectivity index (χ0v) is 14.1. The summed E-state index contributed by atoms with van der Waals surface area (Å²) in [7, 11) is 1.65. The minimum absolute atomic E-state index is 0.0776. The Morgan fingerprint density at radius 1 is 1.36 bits per heavy atom. The third-order valence-electron chi connectivity index (χ3n) is 3.24. The Bertz CT molecular complexity index is 703. The van der Waals surface area contributed by atoms with Crippen LogP contribution in [0.1, 0.15) is 26.7 Å². The van der Waals surface area contributed by atoms with Crippen LogP contribution in [0.5, 0.6) is 5.75 Å². The van der Waals surface area contributed by atoms with Crippen molar-refractivity contribution in [2.75, 3.05) is 20.3 Å². The molecule has 0 saturated heterocycles. The van der Waals surface area contributed by atoms with Gasteiger partial charge in [-0.15, -0.1) is 0 Å². The van der Waals surface area contributed by atoms with Crippen LogP contribution in [-0.4, -0.2) is 30.8 Å². The van der Waals surface area contributed by atoms with E-state index >= 15 is 0 Å². The molecule has 1 heterocycles. The number of thiazole rings is 1. The first-order valence-electron chi connectivity index (χ1n) is 7.52. The van der Waals surface area contributed by atoms with Crippen LogP contribution in [0.25, 0.3) is 10.2 Å². The quantitative estimate of drug-likeness (QED) is 0.736. The molecule has 0 fully saturated rings. The monoisotopic (exact) mass is 322 g/mol. The number of benzene rings is 1. The standard InChI is InChI=1S/C16H22N2O3S/c1-4-6-15(19)17-16-18(9-10-21-5-2)13-8-7-12(20-3)11-14(13)22-16/h7-8,11H,4-6,9-10H2,1-3H3. The summed E-state index contributed by atoms with van der Waals surface area (Å²) in [6.45, 7) is 5.91. The van der Waals surface area contributed by atoms with Crippen molar-refractivity contribution in [1.82, 2.24) is 4.57 Å². The van der Waals surface area contributed by atoms with Crippen LogP contribution in [0.4, 0.5) is 0 Å². The first-order chi connectivity index (χ1) is 10.7. The van der Waals surface area contributed by atoms with E-state index in [0.29, 0.717) is 26.2 Å². The van der Waals surface area contributed by atoms with Gasteiger partial charge in [0.1, 0.15) is 5.75 Å². The first kappa shape index (κ1) is 16.7. The number of aromatic nitrogens is 1. The predicted molar refractivity (Wildman–Crippen MR) is 88.3 cm³/mol. The number of ether oxygens (including phenoxy) is 2. The average Bonchev–Trinajstić information content (AvgIpc) is 2.84. The normalized spacial score (nSPS) is 12.0. The highest BCUT2D eigenvalue weighted by Gasteiger charge is 2.09. The highest BCUT2D eigenvalue weighted by molar-refractivity contribution is 7.16. The molecular formula is C16H22N2O3S. The fourth-order valence-corrected chi connectivity index (χ4v) is 3.26. The van der Waals surface area contributed by atoms with E-state index in [1.165, 1.54) is 11.3 Å². The summed E-state index contributed by atoms with van der Waals surface area (Å²) in [6, 6.07) is 5.89. The van der Waals surface area contributed by atoms with E-state index in [2.05, 4.69) is 4.99 Å². The Hall–Kier alpha value is -1.66. The van der Waals surface area contributed by atoms with Gasteiger partial charge >= 0.3 is 0 Å². The summed E-state index contributed by atoms with van der Waals surface area (Å²) in [6.07, 6.45) is 1.28. The molecule has 2 rings (SSSR count). The molecule has 0 spiro atoms. The minimum atomic E-state index is -0.0776. The van der Waals surface area contributed by atoms with E-state index in [4.69, 9.17) is 9.47 Å². The lowest BCUT2D eigenvalue weighted by Gasteiger charge is -2.06. The average molecular weight is 322 g/mol. The largest absolute Gasteiger partial charge is 0.497 e. The lowest BCUT2D eigenvalue weighted by Crippen LogP contribution is -2.19. The molecule has 1 aromatic carbocycles. The number of nitrogens with zero attached hydrogens (tertiary/aromatic N) is 2. The SMILES string of the molecule is CCCC(=O)N=c1sc2cc(OC)ccc2n1CCOCC. The molecule has 0 unspecified atom stereocenters. The van der Waals surface area contributed by atoms with Crippen LogP contribution in [-0.2, 0) is 16.1 Å². The minimum Gasteiger partial charge on any atom is -0.497 e. The Balaban J connectivity index is 2.47. The fraction of sp³-hybridized carbons (Fsp3) is 0.500. The van der Waals surface area contributed by atoms with Crippen molar-refractivity contribution in [3.63, 3.8) is 0 Å². The van der Waals surface area contributed by atoms with Crippen molar-refractivity contribution in [3.8, 4) is 5.75 Å². The highest BCUT2D eigenvalue weighted by atomic mass is 32.1. The number of methoxy groups -OCH3 is 1. The van der Waals surface area contributed by atoms with Crippen LogP contribution in [0.3, 0.4) is 0 Å². The summed E-state index contributed by atoms with van der Waals surface area (Å²) >= 11 is 1.51. The summed E-state index contributed by atoms with van der Waals surface area (Å²) in [5, 5.41) is 0. The van der Waals surface area contributed by atoms with Gasteiger partial charge in [-0.2, -0.15) is 4.99 Å². The molecule has 0 radical (unpaired) electrons. The van der Waals surface area contributed by atoms with Gasteiger partial charge in [0.25, 0.3) is 0 Å². The molecule has 2 aromatic rings. The van der Waals surface area contributed by atoms with Crippen molar-refractivity contribution >= 4 is 27.5 Å². The van der Waals surface area contributed by atoms with Crippen molar-refractivity contribution in [2.45, 2.75) is 33.2 Å². The lowest BCUT2D eigenvalue weighted by atomic mass is 10.3. The second kappa shape index (κ2) is 8.10. The number of hydrogen-bond acceptors (Lipinski definition) is 4. The number of fused-ring (bicyclic) bond motifs is 1. The summed E-state index contributed by atoms with van der Waals surface area (Å²) in [5.41, 5.74) is 1.05. The van der Waals surface area contributed by atoms with Gasteiger partial charge in [0.15, 0.2) is 4.80 Å². The molecule has 6 heteroatoms. The van der Waals surface area contributed by atoms with E-state index in [0.717, 1.165) is 27.2 Å². The number of carbonyl (C=O) groups excluding carboxylic acids is 1. The molecule has 120 valence electrons. The molecule has 5 nitrogen and oxygen atoms in total. The fourth-order valence-electron chi connectivity index (χ4n) is 2.16. The summed E-state index contributed by atoms with van der Waals surface area (Å²) < 4.78 is 13.8. The molecular weight excluding hydrogens is 300 g/mol. The maximum absolute atomic E-state index is 11.9. The van der Waals surface area contributed by atoms with Gasteiger partial charge in [-0.05, 0) is 31.5 Å². The van der Waals surface area contributed by atoms with Crippen molar-refractivity contribution in [3.05, 3.63) is 23.0 Å². The number of amides is 1. The second-order valence-electron chi connectivity index (χ2n) is 4.82. The van der Waals surface area contributed by atoms with Gasteiger partial charge in [0.2, 0.25) is 5.91 Å². The van der Waals surface area contributed by atoms with Crippen LogP contribution in [0.2, 0.25) is 0 Å². The van der Waals surface area contributed by atoms with E-state index < -0.39 is 0 Å². The van der Waals surface area contributed by atoms with Crippen LogP contribution in [0.15, 0.2) is 23.2 Å². The van der Waals surface area contributed by atoms with Crippen LogP contribution >= 0.6 is 11.3 Å². The summed E-state index contributed by atoms with van der Waals surface area (Å²) in [4.78, 5) is 16.9. The van der Waals surface area contributed by atoms with Crippen LogP contribution < -0.4 is 9.54 Å². The topological polar surface area (TPSA) is 52.8 Å². The second-order valence-corrected chi connectivity index (χ2v) is 5.83. The maximum atomic E-state index is 11.9. The Morgan fingerprint density at radius 3 is 2.86 bits per heavy atom. The Kier molecular flexibility index (Phi) is 6.15. The van der Waals surface area contributed by atoms with Gasteiger partial charge in [-0.1, -0.05) is 18.3 Å². The van der Waals surface area contributed by atoms with E-state index in [1.54, 1.807) is 7.11 Å². The van der Waals surface area contributed by atoms with Crippen LogP contribution in [0, 0.1) is 0 Å². The van der Waals surface area contributed by atoms with Gasteiger partial charge < -0.3 is 14.0 Å². The lowest BCUT2D eigenvalue weighted by molar-refractivity contribution is -0.118. The number of rotatable bonds is 7.